The van der Waals surface area contributed by atoms with E-state index in [4.69, 9.17) is 9.84 Å². The van der Waals surface area contributed by atoms with Gasteiger partial charge in [0.2, 0.25) is 5.95 Å². The van der Waals surface area contributed by atoms with Gasteiger partial charge in [0.15, 0.2) is 0 Å². The molecule has 0 aromatic carbocycles. The number of nitrogens with one attached hydrogen (secondary N) is 1. The van der Waals surface area contributed by atoms with Crippen LogP contribution in [0.4, 0.5) is 5.95 Å². The quantitative estimate of drug-likeness (QED) is 0.658. The third kappa shape index (κ3) is 4.92. The highest BCUT2D eigenvalue weighted by molar-refractivity contribution is 5.67. The maximum atomic E-state index is 10.1. The molecule has 1 rings (SSSR count). The van der Waals surface area contributed by atoms with E-state index in [2.05, 4.69) is 15.3 Å². The van der Waals surface area contributed by atoms with E-state index in [0.717, 1.165) is 5.56 Å². The van der Waals surface area contributed by atoms with E-state index >= 15 is 0 Å². The van der Waals surface area contributed by atoms with E-state index in [-0.39, 0.29) is 6.61 Å². The number of hydrogen-bond donors (Lipinski definition) is 2. The molecule has 0 saturated heterocycles. The van der Waals surface area contributed by atoms with Crippen molar-refractivity contribution < 1.29 is 14.6 Å². The monoisotopic (exact) mass is 211 g/mol. The molecule has 1 aromatic rings. The molecule has 82 valence electrons. The van der Waals surface area contributed by atoms with Gasteiger partial charge in [0.1, 0.15) is 6.61 Å². The molecular formula is C9H13N3O3. The first-order valence-corrected chi connectivity index (χ1v) is 4.50. The van der Waals surface area contributed by atoms with Gasteiger partial charge in [-0.25, -0.2) is 14.8 Å². The maximum absolute atomic E-state index is 10.1. The van der Waals surface area contributed by atoms with Crippen LogP contribution >= 0.6 is 0 Å². The molecule has 0 atom stereocenters. The molecule has 6 heteroatoms. The minimum absolute atomic E-state index is 0.281. The molecule has 0 aliphatic rings. The first-order chi connectivity index (χ1) is 7.18. The number of aromatic nitrogens is 2. The lowest BCUT2D eigenvalue weighted by Crippen LogP contribution is -2.15. The largest absolute Gasteiger partial charge is 0.480 e. The number of ether oxygens (including phenoxy) is 1. The van der Waals surface area contributed by atoms with E-state index in [1.807, 2.05) is 6.92 Å². The summed E-state index contributed by atoms with van der Waals surface area (Å²) < 4.78 is 4.82. The van der Waals surface area contributed by atoms with Crippen molar-refractivity contribution in [2.75, 3.05) is 25.1 Å². The summed E-state index contributed by atoms with van der Waals surface area (Å²) >= 11 is 0. The average molecular weight is 211 g/mol. The zero-order chi connectivity index (χ0) is 11.1. The summed E-state index contributed by atoms with van der Waals surface area (Å²) in [5.41, 5.74) is 0.989. The first kappa shape index (κ1) is 11.4. The fraction of sp³-hybridized carbons (Fsp3) is 0.444. The second-order valence-electron chi connectivity index (χ2n) is 2.96. The van der Waals surface area contributed by atoms with E-state index in [1.54, 1.807) is 12.4 Å². The van der Waals surface area contributed by atoms with Crippen molar-refractivity contribution in [3.8, 4) is 0 Å². The highest BCUT2D eigenvalue weighted by Gasteiger charge is 1.97. The van der Waals surface area contributed by atoms with E-state index in [0.29, 0.717) is 19.1 Å². The summed E-state index contributed by atoms with van der Waals surface area (Å²) in [6.45, 7) is 2.41. The number of rotatable bonds is 6. The van der Waals surface area contributed by atoms with Crippen molar-refractivity contribution in [2.45, 2.75) is 6.92 Å². The van der Waals surface area contributed by atoms with Crippen molar-refractivity contribution >= 4 is 11.9 Å². The molecule has 0 spiro atoms. The number of nitrogens with zero attached hydrogens (tertiary/aromatic N) is 2. The number of carboxylic acid groups (broad SMARTS) is 1. The molecule has 0 bridgehead atoms. The Labute approximate surface area is 87.3 Å². The molecule has 0 unspecified atom stereocenters. The second-order valence-corrected chi connectivity index (χ2v) is 2.96. The summed E-state index contributed by atoms with van der Waals surface area (Å²) in [5, 5.41) is 11.2. The third-order valence-electron chi connectivity index (χ3n) is 1.54. The molecule has 15 heavy (non-hydrogen) atoms. The van der Waals surface area contributed by atoms with E-state index in [9.17, 15) is 4.79 Å². The highest BCUT2D eigenvalue weighted by Crippen LogP contribution is 1.97. The molecule has 1 heterocycles. The Morgan fingerprint density at radius 1 is 1.53 bits per heavy atom. The molecule has 0 amide bonds. The lowest BCUT2D eigenvalue weighted by Gasteiger charge is -2.04. The molecule has 1 aromatic heterocycles. The Morgan fingerprint density at radius 3 is 2.80 bits per heavy atom. The summed E-state index contributed by atoms with van der Waals surface area (Å²) in [7, 11) is 0. The fourth-order valence-electron chi connectivity index (χ4n) is 0.878. The third-order valence-corrected chi connectivity index (χ3v) is 1.54. The Morgan fingerprint density at radius 2 is 2.20 bits per heavy atom. The van der Waals surface area contributed by atoms with Crippen LogP contribution in [0.25, 0.3) is 0 Å². The fourth-order valence-corrected chi connectivity index (χ4v) is 0.878. The van der Waals surface area contributed by atoms with Gasteiger partial charge in [-0.05, 0) is 12.5 Å². The van der Waals surface area contributed by atoms with E-state index in [1.165, 1.54) is 0 Å². The Kier molecular flexibility index (Phi) is 4.49. The Balaban J connectivity index is 2.15. The van der Waals surface area contributed by atoms with Crippen LogP contribution in [0.2, 0.25) is 0 Å². The molecule has 6 nitrogen and oxygen atoms in total. The van der Waals surface area contributed by atoms with Gasteiger partial charge >= 0.3 is 5.97 Å². The Hall–Kier alpha value is -1.69. The average Bonchev–Trinajstić information content (AvgIpc) is 2.20. The Bertz CT molecular complexity index is 313. The number of hydrogen-bond acceptors (Lipinski definition) is 5. The molecule has 0 aliphatic heterocycles. The topological polar surface area (TPSA) is 84.3 Å². The van der Waals surface area contributed by atoms with Gasteiger partial charge in [0.25, 0.3) is 0 Å². The summed E-state index contributed by atoms with van der Waals surface area (Å²) in [5.74, 6) is -0.457. The lowest BCUT2D eigenvalue weighted by molar-refractivity contribution is -0.142. The molecule has 0 aliphatic carbocycles. The summed E-state index contributed by atoms with van der Waals surface area (Å²) in [6, 6.07) is 0. The van der Waals surface area contributed by atoms with Crippen LogP contribution in [0.1, 0.15) is 5.56 Å². The smallest absolute Gasteiger partial charge is 0.329 e. The number of aryl methyl sites for hydroxylation is 1. The molecule has 2 N–H and O–H groups in total. The van der Waals surface area contributed by atoms with Crippen LogP contribution in [-0.4, -0.2) is 40.8 Å². The minimum Gasteiger partial charge on any atom is -0.480 e. The maximum Gasteiger partial charge on any atom is 0.329 e. The molecular weight excluding hydrogens is 198 g/mol. The van der Waals surface area contributed by atoms with Gasteiger partial charge in [-0.1, -0.05) is 0 Å². The SMILES string of the molecule is Cc1cnc(NCCOCC(=O)O)nc1. The number of anilines is 1. The normalized spacial score (nSPS) is 9.93. The van der Waals surface area contributed by atoms with Crippen molar-refractivity contribution in [2.24, 2.45) is 0 Å². The summed E-state index contributed by atoms with van der Waals surface area (Å²) in [4.78, 5) is 18.1. The van der Waals surface area contributed by atoms with Crippen molar-refractivity contribution in [3.63, 3.8) is 0 Å². The van der Waals surface area contributed by atoms with Crippen LogP contribution in [0.3, 0.4) is 0 Å². The highest BCUT2D eigenvalue weighted by atomic mass is 16.5. The molecule has 0 radical (unpaired) electrons. The van der Waals surface area contributed by atoms with Crippen molar-refractivity contribution in [1.82, 2.24) is 9.97 Å². The van der Waals surface area contributed by atoms with Gasteiger partial charge in [-0.2, -0.15) is 0 Å². The van der Waals surface area contributed by atoms with Crippen molar-refractivity contribution in [3.05, 3.63) is 18.0 Å². The predicted molar refractivity (Wildman–Crippen MR) is 53.7 cm³/mol. The first-order valence-electron chi connectivity index (χ1n) is 4.50. The van der Waals surface area contributed by atoms with Gasteiger partial charge in [-0.3, -0.25) is 0 Å². The standard InChI is InChI=1S/C9H13N3O3/c1-7-4-11-9(12-5-7)10-2-3-15-6-8(13)14/h4-5H,2-3,6H2,1H3,(H,13,14)(H,10,11,12). The van der Waals surface area contributed by atoms with E-state index < -0.39 is 5.97 Å². The number of carboxylic acids is 1. The van der Waals surface area contributed by atoms with Crippen LogP contribution < -0.4 is 5.32 Å². The number of aliphatic carboxylic acids is 1. The van der Waals surface area contributed by atoms with Crippen LogP contribution in [0.15, 0.2) is 12.4 Å². The molecule has 0 fully saturated rings. The van der Waals surface area contributed by atoms with Crippen LogP contribution in [0, 0.1) is 6.92 Å². The second kappa shape index (κ2) is 5.92. The van der Waals surface area contributed by atoms with Gasteiger partial charge in [0, 0.05) is 18.9 Å². The molecule has 0 saturated carbocycles. The van der Waals surface area contributed by atoms with Gasteiger partial charge in [-0.15, -0.1) is 0 Å². The predicted octanol–water partition coefficient (Wildman–Crippen LogP) is 0.298. The van der Waals surface area contributed by atoms with Gasteiger partial charge in [0.05, 0.1) is 6.61 Å². The van der Waals surface area contributed by atoms with Crippen molar-refractivity contribution in [1.29, 1.82) is 0 Å². The minimum atomic E-state index is -0.971. The lowest BCUT2D eigenvalue weighted by atomic mass is 10.4. The zero-order valence-corrected chi connectivity index (χ0v) is 8.43. The summed E-state index contributed by atoms with van der Waals surface area (Å²) in [6.07, 6.45) is 3.40. The zero-order valence-electron chi connectivity index (χ0n) is 8.43. The number of carbonyl (C=O) groups is 1. The van der Waals surface area contributed by atoms with Crippen LogP contribution in [-0.2, 0) is 9.53 Å². The van der Waals surface area contributed by atoms with Gasteiger partial charge < -0.3 is 15.2 Å². The van der Waals surface area contributed by atoms with Crippen LogP contribution in [0.5, 0.6) is 0 Å².